The minimum Gasteiger partial charge on any atom is -0.494 e. The summed E-state index contributed by atoms with van der Waals surface area (Å²) in [4.78, 5) is 4.98. The molecular weight excluding hydrogens is 384 g/mol. The monoisotopic (exact) mass is 412 g/mol. The van der Waals surface area contributed by atoms with E-state index >= 15 is 0 Å². The molecule has 6 nitrogen and oxygen atoms in total. The van der Waals surface area contributed by atoms with Gasteiger partial charge in [-0.15, -0.1) is 0 Å². The van der Waals surface area contributed by atoms with E-state index in [0.29, 0.717) is 12.6 Å². The van der Waals surface area contributed by atoms with Crippen molar-refractivity contribution in [2.45, 2.75) is 32.5 Å². The number of hydrogen-bond acceptors (Lipinski definition) is 7. The lowest BCUT2D eigenvalue weighted by Crippen LogP contribution is -2.52. The second-order valence-electron chi connectivity index (χ2n) is 7.54. The molecule has 4 rings (SSSR count). The van der Waals surface area contributed by atoms with E-state index in [4.69, 9.17) is 4.74 Å². The van der Waals surface area contributed by atoms with E-state index in [1.54, 1.807) is 0 Å². The second-order valence-corrected chi connectivity index (χ2v) is 8.06. The Hall–Kier alpha value is -2.06. The topological polar surface area (TPSA) is 61.7 Å². The normalized spacial score (nSPS) is 18.3. The van der Waals surface area contributed by atoms with Crippen LogP contribution >= 0.6 is 11.7 Å². The summed E-state index contributed by atoms with van der Waals surface area (Å²) in [7, 11) is 0. The summed E-state index contributed by atoms with van der Waals surface area (Å²) in [6.07, 6.45) is 0.794. The highest BCUT2D eigenvalue weighted by atomic mass is 32.1. The molecule has 154 valence electrons. The predicted molar refractivity (Wildman–Crippen MR) is 116 cm³/mol. The Kier molecular flexibility index (Phi) is 6.71. The number of nitrogens with zero attached hydrogens (tertiary/aromatic N) is 4. The highest BCUT2D eigenvalue weighted by Gasteiger charge is 2.26. The Morgan fingerprint density at radius 3 is 2.62 bits per heavy atom. The molecule has 1 aliphatic rings. The molecule has 0 spiro atoms. The van der Waals surface area contributed by atoms with Crippen LogP contribution in [-0.4, -0.2) is 62.5 Å². The SMILES string of the molecule is CCOc1ccc(CN2CCN(Cc3ccc4nsnc4c3)C[C@H]2CCO)cc1. The first-order chi connectivity index (χ1) is 14.2. The van der Waals surface area contributed by atoms with Crippen molar-refractivity contribution in [3.8, 4) is 5.75 Å². The number of benzene rings is 2. The van der Waals surface area contributed by atoms with Crippen LogP contribution in [-0.2, 0) is 13.1 Å². The zero-order valence-corrected chi connectivity index (χ0v) is 17.6. The summed E-state index contributed by atoms with van der Waals surface area (Å²) >= 11 is 1.26. The fourth-order valence-corrected chi connectivity index (χ4v) is 4.53. The third kappa shape index (κ3) is 5.11. The third-order valence-electron chi connectivity index (χ3n) is 5.50. The first-order valence-electron chi connectivity index (χ1n) is 10.3. The van der Waals surface area contributed by atoms with Crippen LogP contribution in [0.3, 0.4) is 0 Å². The molecule has 2 heterocycles. The molecule has 2 aromatic carbocycles. The molecule has 0 aliphatic carbocycles. The number of fused-ring (bicyclic) bond motifs is 1. The summed E-state index contributed by atoms with van der Waals surface area (Å²) < 4.78 is 14.2. The lowest BCUT2D eigenvalue weighted by atomic mass is 10.1. The molecular formula is C22H28N4O2S. The van der Waals surface area contributed by atoms with Gasteiger partial charge < -0.3 is 9.84 Å². The van der Waals surface area contributed by atoms with Gasteiger partial charge in [0.1, 0.15) is 16.8 Å². The maximum absolute atomic E-state index is 9.59. The molecule has 3 aromatic rings. The Labute approximate surface area is 176 Å². The van der Waals surface area contributed by atoms with Crippen LogP contribution in [0.5, 0.6) is 5.75 Å². The Morgan fingerprint density at radius 2 is 1.83 bits per heavy atom. The fraction of sp³-hybridized carbons (Fsp3) is 0.455. The van der Waals surface area contributed by atoms with Gasteiger partial charge in [0.05, 0.1) is 18.3 Å². The van der Waals surface area contributed by atoms with Gasteiger partial charge in [0.25, 0.3) is 0 Å². The smallest absolute Gasteiger partial charge is 0.119 e. The van der Waals surface area contributed by atoms with Crippen molar-refractivity contribution in [1.29, 1.82) is 0 Å². The minimum absolute atomic E-state index is 0.217. The van der Waals surface area contributed by atoms with Crippen molar-refractivity contribution < 1.29 is 9.84 Å². The lowest BCUT2D eigenvalue weighted by Gasteiger charge is -2.41. The number of aromatic nitrogens is 2. The number of hydrogen-bond donors (Lipinski definition) is 1. The minimum atomic E-state index is 0.217. The number of rotatable bonds is 8. The van der Waals surface area contributed by atoms with Gasteiger partial charge in [0.15, 0.2) is 0 Å². The summed E-state index contributed by atoms with van der Waals surface area (Å²) in [5.74, 6) is 0.917. The van der Waals surface area contributed by atoms with Crippen molar-refractivity contribution in [2.75, 3.05) is 32.8 Å². The van der Waals surface area contributed by atoms with Crippen molar-refractivity contribution >= 4 is 22.8 Å². The molecule has 7 heteroatoms. The van der Waals surface area contributed by atoms with E-state index in [1.807, 2.05) is 19.1 Å². The number of piperazine rings is 1. The number of aliphatic hydroxyl groups is 1. The quantitative estimate of drug-likeness (QED) is 0.613. The summed E-state index contributed by atoms with van der Waals surface area (Å²) in [5.41, 5.74) is 4.50. The van der Waals surface area contributed by atoms with Gasteiger partial charge in [0.2, 0.25) is 0 Å². The zero-order chi connectivity index (χ0) is 20.1. The zero-order valence-electron chi connectivity index (χ0n) is 16.8. The molecule has 1 fully saturated rings. The van der Waals surface area contributed by atoms with Gasteiger partial charge in [-0.2, -0.15) is 8.75 Å². The fourth-order valence-electron chi connectivity index (χ4n) is 4.01. The molecule has 1 saturated heterocycles. The largest absolute Gasteiger partial charge is 0.494 e. The molecule has 0 unspecified atom stereocenters. The van der Waals surface area contributed by atoms with Crippen LogP contribution in [0.15, 0.2) is 42.5 Å². The lowest BCUT2D eigenvalue weighted by molar-refractivity contribution is 0.0500. The predicted octanol–water partition coefficient (Wildman–Crippen LogP) is 3.16. The maximum Gasteiger partial charge on any atom is 0.119 e. The van der Waals surface area contributed by atoms with Crippen LogP contribution in [0.25, 0.3) is 11.0 Å². The molecule has 29 heavy (non-hydrogen) atoms. The van der Waals surface area contributed by atoms with Crippen LogP contribution in [0.4, 0.5) is 0 Å². The first-order valence-corrected chi connectivity index (χ1v) is 11.0. The number of aliphatic hydroxyl groups excluding tert-OH is 1. The molecule has 1 N–H and O–H groups in total. The standard InChI is InChI=1S/C22H28N4O2S/c1-2-28-20-6-3-17(4-7-20)15-26-11-10-25(16-19(26)9-12-27)14-18-5-8-21-22(13-18)24-29-23-21/h3-8,13,19,27H,2,9-12,14-16H2,1H3/t19-/m1/s1. The van der Waals surface area contributed by atoms with Gasteiger partial charge in [-0.1, -0.05) is 18.2 Å². The van der Waals surface area contributed by atoms with Gasteiger partial charge >= 0.3 is 0 Å². The van der Waals surface area contributed by atoms with E-state index < -0.39 is 0 Å². The van der Waals surface area contributed by atoms with Crippen molar-refractivity contribution in [1.82, 2.24) is 18.5 Å². The molecule has 0 saturated carbocycles. The molecule has 0 amide bonds. The molecule has 1 aliphatic heterocycles. The summed E-state index contributed by atoms with van der Waals surface area (Å²) in [6, 6.07) is 15.1. The van der Waals surface area contributed by atoms with Crippen molar-refractivity contribution in [2.24, 2.45) is 0 Å². The summed E-state index contributed by atoms with van der Waals surface area (Å²) in [5, 5.41) is 9.59. The van der Waals surface area contributed by atoms with E-state index in [0.717, 1.165) is 55.9 Å². The van der Waals surface area contributed by atoms with E-state index in [1.165, 1.54) is 22.9 Å². The first kappa shape index (κ1) is 20.2. The van der Waals surface area contributed by atoms with E-state index in [2.05, 4.69) is 48.9 Å². The average Bonchev–Trinajstić information content (AvgIpc) is 3.20. The van der Waals surface area contributed by atoms with Crippen LogP contribution < -0.4 is 4.74 Å². The summed E-state index contributed by atoms with van der Waals surface area (Å²) in [6.45, 7) is 7.70. The van der Waals surface area contributed by atoms with Gasteiger partial charge in [-0.25, -0.2) is 0 Å². The van der Waals surface area contributed by atoms with Gasteiger partial charge in [0, 0.05) is 45.4 Å². The van der Waals surface area contributed by atoms with Gasteiger partial charge in [-0.05, 0) is 48.7 Å². The second kappa shape index (κ2) is 9.63. The van der Waals surface area contributed by atoms with Crippen LogP contribution in [0, 0.1) is 0 Å². The Morgan fingerprint density at radius 1 is 1.03 bits per heavy atom. The molecule has 0 radical (unpaired) electrons. The molecule has 1 atom stereocenters. The van der Waals surface area contributed by atoms with Crippen LogP contribution in [0.1, 0.15) is 24.5 Å². The highest BCUT2D eigenvalue weighted by molar-refractivity contribution is 7.00. The van der Waals surface area contributed by atoms with E-state index in [9.17, 15) is 5.11 Å². The number of ether oxygens (including phenoxy) is 1. The Bertz CT molecular complexity index is 915. The van der Waals surface area contributed by atoms with Gasteiger partial charge in [-0.3, -0.25) is 9.80 Å². The molecule has 0 bridgehead atoms. The molecule has 1 aromatic heterocycles. The Balaban J connectivity index is 1.38. The average molecular weight is 413 g/mol. The van der Waals surface area contributed by atoms with Crippen LogP contribution in [0.2, 0.25) is 0 Å². The maximum atomic E-state index is 9.59. The van der Waals surface area contributed by atoms with Crippen molar-refractivity contribution in [3.05, 3.63) is 53.6 Å². The van der Waals surface area contributed by atoms with E-state index in [-0.39, 0.29) is 6.61 Å². The third-order valence-corrected chi connectivity index (χ3v) is 6.05. The van der Waals surface area contributed by atoms with Crippen molar-refractivity contribution in [3.63, 3.8) is 0 Å². The highest BCUT2D eigenvalue weighted by Crippen LogP contribution is 2.21.